The first-order chi connectivity index (χ1) is 9.66. The highest BCUT2D eigenvalue weighted by Gasteiger charge is 2.48. The van der Waals surface area contributed by atoms with E-state index in [1.807, 2.05) is 35.3 Å². The van der Waals surface area contributed by atoms with Crippen molar-refractivity contribution in [3.8, 4) is 0 Å². The molecule has 106 valence electrons. The number of nitrogens with one attached hydrogen (secondary N) is 1. The van der Waals surface area contributed by atoms with Crippen LogP contribution in [0.4, 0.5) is 4.79 Å². The molecule has 0 bridgehead atoms. The quantitative estimate of drug-likeness (QED) is 0.842. The second-order valence-corrected chi connectivity index (χ2v) is 5.18. The third-order valence-electron chi connectivity index (χ3n) is 3.98. The third kappa shape index (κ3) is 2.22. The van der Waals surface area contributed by atoms with Gasteiger partial charge in [0.2, 0.25) is 0 Å². The molecule has 2 aliphatic heterocycles. The number of carbonyl (C=O) groups excluding carboxylic acids is 1. The van der Waals surface area contributed by atoms with Crippen LogP contribution in [0, 0.1) is 5.92 Å². The molecule has 6 nitrogen and oxygen atoms in total. The fourth-order valence-electron chi connectivity index (χ4n) is 2.86. The van der Waals surface area contributed by atoms with Crippen molar-refractivity contribution in [3.63, 3.8) is 0 Å². The van der Waals surface area contributed by atoms with E-state index in [1.165, 1.54) is 0 Å². The molecule has 0 spiro atoms. The number of hydrogen-bond acceptors (Lipinski definition) is 3. The monoisotopic (exact) mass is 275 g/mol. The van der Waals surface area contributed by atoms with Gasteiger partial charge in [0.05, 0.1) is 12.5 Å². The molecule has 2 saturated heterocycles. The van der Waals surface area contributed by atoms with Crippen LogP contribution in [-0.2, 0) is 11.2 Å². The van der Waals surface area contributed by atoms with Crippen LogP contribution >= 0.6 is 0 Å². The predicted molar refractivity (Wildman–Crippen MR) is 71.9 cm³/mol. The van der Waals surface area contributed by atoms with Gasteiger partial charge in [-0.05, 0) is 12.0 Å². The van der Waals surface area contributed by atoms with Crippen LogP contribution in [0.1, 0.15) is 5.56 Å². The zero-order chi connectivity index (χ0) is 14.1. The molecule has 2 atom stereocenters. The van der Waals surface area contributed by atoms with Gasteiger partial charge in [0.1, 0.15) is 0 Å². The smallest absolute Gasteiger partial charge is 0.332 e. The fourth-order valence-corrected chi connectivity index (χ4v) is 2.86. The van der Waals surface area contributed by atoms with Crippen molar-refractivity contribution in [2.75, 3.05) is 19.6 Å². The van der Waals surface area contributed by atoms with Gasteiger partial charge in [0.25, 0.3) is 0 Å². The van der Waals surface area contributed by atoms with E-state index in [0.717, 1.165) is 5.56 Å². The van der Waals surface area contributed by atoms with Crippen molar-refractivity contribution >= 4 is 12.0 Å². The van der Waals surface area contributed by atoms with Gasteiger partial charge in [0.15, 0.2) is 0 Å². The van der Waals surface area contributed by atoms with Crippen LogP contribution in [0.5, 0.6) is 0 Å². The Labute approximate surface area is 116 Å². The van der Waals surface area contributed by atoms with E-state index in [0.29, 0.717) is 26.1 Å². The number of hydrazine groups is 1. The second kappa shape index (κ2) is 5.13. The average molecular weight is 275 g/mol. The first-order valence-corrected chi connectivity index (χ1v) is 6.75. The van der Waals surface area contributed by atoms with Gasteiger partial charge in [0, 0.05) is 19.1 Å². The number of aliphatic carboxylic acids is 1. The van der Waals surface area contributed by atoms with E-state index >= 15 is 0 Å². The van der Waals surface area contributed by atoms with Crippen LogP contribution in [0.3, 0.4) is 0 Å². The molecule has 6 heteroatoms. The molecular weight excluding hydrogens is 258 g/mol. The first kappa shape index (κ1) is 12.9. The molecule has 3 rings (SSSR count). The van der Waals surface area contributed by atoms with Crippen LogP contribution in [0.15, 0.2) is 30.3 Å². The van der Waals surface area contributed by atoms with Crippen molar-refractivity contribution in [3.05, 3.63) is 35.9 Å². The molecular formula is C14H17N3O3. The summed E-state index contributed by atoms with van der Waals surface area (Å²) < 4.78 is 0. The normalized spacial score (nSPS) is 26.2. The fraction of sp³-hybridized carbons (Fsp3) is 0.429. The van der Waals surface area contributed by atoms with Gasteiger partial charge in [-0.3, -0.25) is 9.80 Å². The summed E-state index contributed by atoms with van der Waals surface area (Å²) in [7, 11) is 0. The Bertz CT molecular complexity index is 520. The van der Waals surface area contributed by atoms with Gasteiger partial charge in [-0.2, -0.15) is 0 Å². The van der Waals surface area contributed by atoms with Crippen LogP contribution in [0.2, 0.25) is 0 Å². The Morgan fingerprint density at radius 1 is 1.35 bits per heavy atom. The summed E-state index contributed by atoms with van der Waals surface area (Å²) in [6.07, 6.45) is 0.640. The summed E-state index contributed by atoms with van der Waals surface area (Å²) in [5, 5.41) is 15.5. The maximum atomic E-state index is 11.7. The molecule has 1 aromatic rings. The topological polar surface area (TPSA) is 72.9 Å². The van der Waals surface area contributed by atoms with E-state index in [9.17, 15) is 14.7 Å². The Balaban J connectivity index is 1.75. The zero-order valence-electron chi connectivity index (χ0n) is 11.0. The van der Waals surface area contributed by atoms with Crippen molar-refractivity contribution in [2.24, 2.45) is 5.92 Å². The summed E-state index contributed by atoms with van der Waals surface area (Å²) in [5.74, 6) is -1.20. The lowest BCUT2D eigenvalue weighted by Crippen LogP contribution is -2.66. The molecule has 0 radical (unpaired) electrons. The maximum Gasteiger partial charge on any atom is 0.332 e. The molecule has 0 saturated carbocycles. The number of carboxylic acids is 1. The Hall–Kier alpha value is -2.08. The molecule has 2 fully saturated rings. The number of benzene rings is 1. The summed E-state index contributed by atoms with van der Waals surface area (Å²) in [6.45, 7) is 1.63. The summed E-state index contributed by atoms with van der Waals surface area (Å²) >= 11 is 0. The molecule has 2 amide bonds. The number of nitrogens with zero attached hydrogens (tertiary/aromatic N) is 2. The first-order valence-electron chi connectivity index (χ1n) is 6.75. The highest BCUT2D eigenvalue weighted by molar-refractivity contribution is 5.77. The number of urea groups is 1. The molecule has 20 heavy (non-hydrogen) atoms. The minimum Gasteiger partial charge on any atom is -0.481 e. The predicted octanol–water partition coefficient (Wildman–Crippen LogP) is 0.554. The SMILES string of the molecule is O=C(O)C1CN(N2CCNC2=O)C1Cc1ccccc1. The lowest BCUT2D eigenvalue weighted by atomic mass is 9.85. The van der Waals surface area contributed by atoms with Crippen molar-refractivity contribution in [1.82, 2.24) is 15.3 Å². The van der Waals surface area contributed by atoms with Gasteiger partial charge in [-0.1, -0.05) is 30.3 Å². The summed E-state index contributed by atoms with van der Waals surface area (Å²) in [6, 6.07) is 9.50. The van der Waals surface area contributed by atoms with E-state index in [1.54, 1.807) is 5.01 Å². The molecule has 1 aromatic carbocycles. The summed E-state index contributed by atoms with van der Waals surface area (Å²) in [4.78, 5) is 23.0. The Morgan fingerprint density at radius 2 is 2.10 bits per heavy atom. The average Bonchev–Trinajstić information content (AvgIpc) is 2.82. The number of amides is 2. The van der Waals surface area contributed by atoms with E-state index in [4.69, 9.17) is 0 Å². The molecule has 0 aromatic heterocycles. The third-order valence-corrected chi connectivity index (χ3v) is 3.98. The largest absolute Gasteiger partial charge is 0.481 e. The van der Waals surface area contributed by atoms with Crippen LogP contribution < -0.4 is 5.32 Å². The maximum absolute atomic E-state index is 11.7. The Kier molecular flexibility index (Phi) is 3.31. The number of hydrogen-bond donors (Lipinski definition) is 2. The van der Waals surface area contributed by atoms with Gasteiger partial charge in [-0.15, -0.1) is 0 Å². The standard InChI is InChI=1S/C14H17N3O3/c18-13(19)11-9-17(16-7-6-15-14(16)20)12(11)8-10-4-2-1-3-5-10/h1-5,11-12H,6-9H2,(H,15,20)(H,18,19). The van der Waals surface area contributed by atoms with Gasteiger partial charge < -0.3 is 10.4 Å². The molecule has 2 aliphatic rings. The number of rotatable bonds is 4. The van der Waals surface area contributed by atoms with Crippen molar-refractivity contribution in [1.29, 1.82) is 0 Å². The number of carbonyl (C=O) groups is 2. The van der Waals surface area contributed by atoms with E-state index in [-0.39, 0.29) is 12.1 Å². The lowest BCUT2D eigenvalue weighted by Gasteiger charge is -2.49. The van der Waals surface area contributed by atoms with Crippen LogP contribution in [-0.4, -0.2) is 52.8 Å². The highest BCUT2D eigenvalue weighted by atomic mass is 16.4. The molecule has 2 unspecified atom stereocenters. The van der Waals surface area contributed by atoms with E-state index in [2.05, 4.69) is 5.32 Å². The van der Waals surface area contributed by atoms with Crippen molar-refractivity contribution < 1.29 is 14.7 Å². The second-order valence-electron chi connectivity index (χ2n) is 5.18. The van der Waals surface area contributed by atoms with Gasteiger partial charge >= 0.3 is 12.0 Å². The molecule has 2 heterocycles. The van der Waals surface area contributed by atoms with Crippen LogP contribution in [0.25, 0.3) is 0 Å². The highest BCUT2D eigenvalue weighted by Crippen LogP contribution is 2.30. The minimum absolute atomic E-state index is 0.132. The minimum atomic E-state index is -0.790. The van der Waals surface area contributed by atoms with E-state index < -0.39 is 11.9 Å². The lowest BCUT2D eigenvalue weighted by molar-refractivity contribution is -0.169. The molecule has 2 N–H and O–H groups in total. The van der Waals surface area contributed by atoms with Gasteiger partial charge in [-0.25, -0.2) is 9.80 Å². The summed E-state index contributed by atoms with van der Waals surface area (Å²) in [5.41, 5.74) is 1.09. The zero-order valence-corrected chi connectivity index (χ0v) is 11.0. The van der Waals surface area contributed by atoms with Crippen molar-refractivity contribution in [2.45, 2.75) is 12.5 Å². The molecule has 0 aliphatic carbocycles. The number of carboxylic acid groups (broad SMARTS) is 1. The Morgan fingerprint density at radius 3 is 2.70 bits per heavy atom.